The highest BCUT2D eigenvalue weighted by Gasteiger charge is 2.23. The highest BCUT2D eigenvalue weighted by molar-refractivity contribution is 9.10. The lowest BCUT2D eigenvalue weighted by Gasteiger charge is -2.14. The van der Waals surface area contributed by atoms with Crippen LogP contribution in [0.25, 0.3) is 11.1 Å². The molecule has 0 aliphatic heterocycles. The minimum absolute atomic E-state index is 0.0621. The van der Waals surface area contributed by atoms with Crippen molar-refractivity contribution in [2.45, 2.75) is 9.79 Å². The van der Waals surface area contributed by atoms with Crippen LogP contribution in [0.5, 0.6) is 11.5 Å². The monoisotopic (exact) mass is 692 g/mol. The van der Waals surface area contributed by atoms with Gasteiger partial charge in [0.25, 0.3) is 0 Å². The summed E-state index contributed by atoms with van der Waals surface area (Å²) in [6.07, 6.45) is 2.12. The van der Waals surface area contributed by atoms with Crippen molar-refractivity contribution in [3.05, 3.63) is 92.3 Å². The van der Waals surface area contributed by atoms with Gasteiger partial charge in [0, 0.05) is 5.56 Å². The number of rotatable bonds is 7. The molecule has 0 spiro atoms. The van der Waals surface area contributed by atoms with Gasteiger partial charge in [-0.25, -0.2) is 9.97 Å². The molecule has 0 aliphatic rings. The van der Waals surface area contributed by atoms with Crippen LogP contribution in [0.2, 0.25) is 10.3 Å². The van der Waals surface area contributed by atoms with Crippen LogP contribution in [0, 0.1) is 0 Å². The van der Waals surface area contributed by atoms with Crippen LogP contribution in [0.4, 0.5) is 0 Å². The molecule has 0 N–H and O–H groups in total. The highest BCUT2D eigenvalue weighted by atomic mass is 79.9. The van der Waals surface area contributed by atoms with Crippen LogP contribution in [0.1, 0.15) is 0 Å². The van der Waals surface area contributed by atoms with Gasteiger partial charge in [-0.05, 0) is 67.8 Å². The van der Waals surface area contributed by atoms with Crippen LogP contribution in [-0.4, -0.2) is 26.8 Å². The van der Waals surface area contributed by atoms with Crippen molar-refractivity contribution in [3.63, 3.8) is 0 Å². The van der Waals surface area contributed by atoms with Gasteiger partial charge in [-0.15, -0.1) is 0 Å². The predicted molar refractivity (Wildman–Crippen MR) is 141 cm³/mol. The normalized spacial score (nSPS) is 11.8. The molecule has 4 aromatic rings. The summed E-state index contributed by atoms with van der Waals surface area (Å²) in [6, 6.07) is 15.1. The molecule has 0 saturated heterocycles. The Kier molecular flexibility index (Phi) is 7.93. The highest BCUT2D eigenvalue weighted by Crippen LogP contribution is 2.36. The smallest absolute Gasteiger partial charge is 0.340 e. The van der Waals surface area contributed by atoms with Crippen LogP contribution in [0.3, 0.4) is 0 Å². The topological polar surface area (TPSA) is 113 Å². The lowest BCUT2D eigenvalue weighted by Crippen LogP contribution is -2.12. The van der Waals surface area contributed by atoms with Crippen molar-refractivity contribution in [1.82, 2.24) is 9.97 Å². The number of halogens is 4. The van der Waals surface area contributed by atoms with E-state index in [-0.39, 0.29) is 46.1 Å². The second-order valence-corrected chi connectivity index (χ2v) is 12.5. The summed E-state index contributed by atoms with van der Waals surface area (Å²) in [6.45, 7) is 0. The molecule has 0 aliphatic carbocycles. The maximum absolute atomic E-state index is 12.9. The number of hydrogen-bond acceptors (Lipinski definition) is 8. The summed E-state index contributed by atoms with van der Waals surface area (Å²) in [5.74, 6) is -0.145. The third kappa shape index (κ3) is 6.01. The molecule has 0 bridgehead atoms. The van der Waals surface area contributed by atoms with Gasteiger partial charge in [0.2, 0.25) is 0 Å². The predicted octanol–water partition coefficient (Wildman–Crippen LogP) is 6.51. The quantitative estimate of drug-likeness (QED) is 0.159. The lowest BCUT2D eigenvalue weighted by atomic mass is 10.0. The van der Waals surface area contributed by atoms with E-state index >= 15 is 0 Å². The van der Waals surface area contributed by atoms with E-state index < -0.39 is 20.2 Å². The molecule has 186 valence electrons. The molecule has 2 aromatic heterocycles. The summed E-state index contributed by atoms with van der Waals surface area (Å²) < 4.78 is 62.7. The van der Waals surface area contributed by atoms with Crippen LogP contribution < -0.4 is 8.37 Å². The van der Waals surface area contributed by atoms with Crippen LogP contribution in [0.15, 0.2) is 91.8 Å². The zero-order valence-corrected chi connectivity index (χ0v) is 23.9. The first-order valence-electron chi connectivity index (χ1n) is 9.67. The Morgan fingerprint density at radius 3 is 1.75 bits per heavy atom. The van der Waals surface area contributed by atoms with Crippen molar-refractivity contribution < 1.29 is 25.2 Å². The van der Waals surface area contributed by atoms with Gasteiger partial charge in [0.05, 0.1) is 21.3 Å². The van der Waals surface area contributed by atoms with E-state index in [1.54, 1.807) is 30.3 Å². The molecular weight excluding hydrogens is 683 g/mol. The van der Waals surface area contributed by atoms with Crippen molar-refractivity contribution in [2.24, 2.45) is 0 Å². The fraction of sp³-hybridized carbons (Fsp3) is 0. The molecule has 0 saturated carbocycles. The summed E-state index contributed by atoms with van der Waals surface area (Å²) in [4.78, 5) is 7.15. The zero-order valence-electron chi connectivity index (χ0n) is 17.6. The van der Waals surface area contributed by atoms with E-state index in [0.717, 1.165) is 12.4 Å². The van der Waals surface area contributed by atoms with Crippen molar-refractivity contribution in [1.29, 1.82) is 0 Å². The van der Waals surface area contributed by atoms with E-state index in [2.05, 4.69) is 41.8 Å². The maximum Gasteiger partial charge on any atom is 0.340 e. The fourth-order valence-corrected chi connectivity index (χ4v) is 5.93. The van der Waals surface area contributed by atoms with Gasteiger partial charge >= 0.3 is 20.2 Å². The molecule has 0 radical (unpaired) electrons. The number of pyridine rings is 2. The van der Waals surface area contributed by atoms with E-state index in [1.165, 1.54) is 30.3 Å². The van der Waals surface area contributed by atoms with E-state index in [1.807, 2.05) is 0 Å². The van der Waals surface area contributed by atoms with Gasteiger partial charge in [-0.2, -0.15) is 16.8 Å². The Bertz CT molecular complexity index is 1670. The zero-order chi connectivity index (χ0) is 26.1. The van der Waals surface area contributed by atoms with Crippen LogP contribution >= 0.6 is 55.1 Å². The first-order valence-corrected chi connectivity index (χ1v) is 14.8. The average molecular weight is 695 g/mol. The molecule has 0 unspecified atom stereocenters. The minimum Gasteiger partial charge on any atom is -0.379 e. The number of aromatic nitrogens is 2. The lowest BCUT2D eigenvalue weighted by molar-refractivity contribution is 0.478. The van der Waals surface area contributed by atoms with Crippen molar-refractivity contribution in [3.8, 4) is 22.6 Å². The van der Waals surface area contributed by atoms with Gasteiger partial charge < -0.3 is 8.37 Å². The first-order chi connectivity index (χ1) is 17.0. The maximum atomic E-state index is 12.9. The molecule has 36 heavy (non-hydrogen) atoms. The number of hydrogen-bond donors (Lipinski definition) is 0. The molecular formula is C22H12Br2Cl2N2O6S2. The van der Waals surface area contributed by atoms with Gasteiger partial charge in [0.1, 0.15) is 25.8 Å². The molecule has 14 heteroatoms. The SMILES string of the molecule is O=S(=O)(Oc1ccc(OS(=O)(=O)c2cnc(Cl)c(Br)c2)c(-c2ccccc2)c1)c1cnc(Cl)c(Br)c1. The largest absolute Gasteiger partial charge is 0.379 e. The summed E-state index contributed by atoms with van der Waals surface area (Å²) >= 11 is 18.0. The molecule has 8 nitrogen and oxygen atoms in total. The molecule has 0 amide bonds. The second kappa shape index (κ2) is 10.6. The Morgan fingerprint density at radius 2 is 1.22 bits per heavy atom. The Labute approximate surface area is 233 Å². The number of nitrogens with zero attached hydrogens (tertiary/aromatic N) is 2. The fourth-order valence-electron chi connectivity index (χ4n) is 2.90. The average Bonchev–Trinajstić information content (AvgIpc) is 2.83. The summed E-state index contributed by atoms with van der Waals surface area (Å²) in [5, 5.41) is 0.176. The third-order valence-electron chi connectivity index (χ3n) is 4.56. The van der Waals surface area contributed by atoms with Gasteiger partial charge in [0.15, 0.2) is 5.75 Å². The Morgan fingerprint density at radius 1 is 0.694 bits per heavy atom. The third-order valence-corrected chi connectivity index (χ3v) is 9.24. The Hall–Kier alpha value is -2.22. The van der Waals surface area contributed by atoms with E-state index in [9.17, 15) is 16.8 Å². The summed E-state index contributed by atoms with van der Waals surface area (Å²) in [7, 11) is -8.61. The minimum atomic E-state index is -4.32. The molecule has 2 aromatic carbocycles. The standard InChI is InChI=1S/C22H12Br2Cl2N2O6S2/c23-18-9-15(11-27-21(18)25)35(29,30)33-14-6-7-20(17(8-14)13-4-2-1-3-5-13)34-36(31,32)16-10-19(24)22(26)28-12-16/h1-12H. The van der Waals surface area contributed by atoms with E-state index in [4.69, 9.17) is 31.6 Å². The van der Waals surface area contributed by atoms with Gasteiger partial charge in [-0.1, -0.05) is 53.5 Å². The summed E-state index contributed by atoms with van der Waals surface area (Å²) in [5.41, 5.74) is 0.820. The molecule has 2 heterocycles. The Balaban J connectivity index is 1.73. The van der Waals surface area contributed by atoms with Crippen molar-refractivity contribution >= 4 is 75.3 Å². The molecule has 0 fully saturated rings. The second-order valence-electron chi connectivity index (χ2n) is 6.99. The van der Waals surface area contributed by atoms with E-state index in [0.29, 0.717) is 5.56 Å². The van der Waals surface area contributed by atoms with Gasteiger partial charge in [-0.3, -0.25) is 0 Å². The first kappa shape index (κ1) is 26.8. The van der Waals surface area contributed by atoms with Crippen molar-refractivity contribution in [2.75, 3.05) is 0 Å². The van der Waals surface area contributed by atoms with Crippen LogP contribution in [-0.2, 0) is 20.2 Å². The molecule has 4 rings (SSSR count). The molecule has 0 atom stereocenters. The number of benzene rings is 2.